The molecule has 1 aromatic rings. The van der Waals surface area contributed by atoms with Crippen molar-refractivity contribution >= 4 is 5.97 Å². The first-order valence-corrected chi connectivity index (χ1v) is 7.56. The Morgan fingerprint density at radius 1 is 1.25 bits per heavy atom. The Kier molecular flexibility index (Phi) is 3.45. The van der Waals surface area contributed by atoms with E-state index in [1.165, 1.54) is 27.8 Å². The average Bonchev–Trinajstić information content (AvgIpc) is 3.02. The third-order valence-electron chi connectivity index (χ3n) is 4.75. The van der Waals surface area contributed by atoms with Crippen LogP contribution in [-0.2, 0) is 22.4 Å². The molecule has 0 N–H and O–H groups in total. The average molecular weight is 274 g/mol. The van der Waals surface area contributed by atoms with Gasteiger partial charge in [0.1, 0.15) is 5.75 Å². The van der Waals surface area contributed by atoms with Crippen LogP contribution in [0.4, 0.5) is 0 Å². The molecule has 0 radical (unpaired) electrons. The molecule has 1 aromatic carbocycles. The minimum atomic E-state index is -0.0729. The zero-order valence-electron chi connectivity index (χ0n) is 12.5. The second kappa shape index (κ2) is 5.12. The molecule has 1 unspecified atom stereocenters. The van der Waals surface area contributed by atoms with E-state index in [-0.39, 0.29) is 5.97 Å². The van der Waals surface area contributed by atoms with Crippen LogP contribution < -0.4 is 4.74 Å². The molecule has 0 aromatic heterocycles. The Balaban J connectivity index is 1.99. The minimum absolute atomic E-state index is 0.0729. The van der Waals surface area contributed by atoms with Crippen LogP contribution in [-0.4, -0.2) is 19.2 Å². The van der Waals surface area contributed by atoms with Crippen molar-refractivity contribution in [2.24, 2.45) is 0 Å². The Morgan fingerprint density at radius 2 is 2.05 bits per heavy atom. The molecular formula is C17H22O3. The van der Waals surface area contributed by atoms with Crippen LogP contribution in [0, 0.1) is 13.8 Å². The molecule has 1 aliphatic carbocycles. The van der Waals surface area contributed by atoms with Crippen molar-refractivity contribution in [3.8, 4) is 5.75 Å². The molecule has 0 spiro atoms. The molecule has 0 amide bonds. The highest BCUT2D eigenvalue weighted by atomic mass is 16.5. The maximum atomic E-state index is 11.8. The quantitative estimate of drug-likeness (QED) is 0.794. The van der Waals surface area contributed by atoms with E-state index in [1.807, 2.05) is 6.92 Å². The van der Waals surface area contributed by atoms with Crippen molar-refractivity contribution in [2.75, 3.05) is 13.2 Å². The summed E-state index contributed by atoms with van der Waals surface area (Å²) in [5.41, 5.74) is 6.85. The van der Waals surface area contributed by atoms with Gasteiger partial charge in [0.25, 0.3) is 0 Å². The first-order chi connectivity index (χ1) is 9.63. The predicted octanol–water partition coefficient (Wildman–Crippen LogP) is 3.22. The van der Waals surface area contributed by atoms with Crippen LogP contribution in [0.25, 0.3) is 0 Å². The summed E-state index contributed by atoms with van der Waals surface area (Å²) in [6.45, 7) is 7.44. The number of carbonyl (C=O) groups is 1. The van der Waals surface area contributed by atoms with Crippen molar-refractivity contribution in [1.29, 1.82) is 0 Å². The SMILES string of the molecule is CCOC(=O)CC1CCc2c(C)c(C)c3c(c21)CCO3. The van der Waals surface area contributed by atoms with Crippen LogP contribution in [0.3, 0.4) is 0 Å². The van der Waals surface area contributed by atoms with Crippen LogP contribution in [0.5, 0.6) is 5.75 Å². The lowest BCUT2D eigenvalue weighted by Gasteiger charge is -2.18. The van der Waals surface area contributed by atoms with E-state index in [0.29, 0.717) is 18.9 Å². The number of hydrogen-bond acceptors (Lipinski definition) is 3. The normalized spacial score (nSPS) is 19.4. The molecule has 0 fully saturated rings. The number of rotatable bonds is 3. The summed E-state index contributed by atoms with van der Waals surface area (Å²) in [5, 5.41) is 0. The fourth-order valence-corrected chi connectivity index (χ4v) is 3.73. The fourth-order valence-electron chi connectivity index (χ4n) is 3.73. The van der Waals surface area contributed by atoms with Gasteiger partial charge in [0, 0.05) is 12.0 Å². The predicted molar refractivity (Wildman–Crippen MR) is 77.4 cm³/mol. The zero-order valence-corrected chi connectivity index (χ0v) is 12.5. The monoisotopic (exact) mass is 274 g/mol. The molecule has 3 rings (SSSR count). The molecule has 0 saturated heterocycles. The highest BCUT2D eigenvalue weighted by Crippen LogP contribution is 2.46. The van der Waals surface area contributed by atoms with Crippen LogP contribution >= 0.6 is 0 Å². The van der Waals surface area contributed by atoms with Gasteiger partial charge in [-0.25, -0.2) is 0 Å². The van der Waals surface area contributed by atoms with E-state index >= 15 is 0 Å². The molecule has 1 atom stereocenters. The van der Waals surface area contributed by atoms with Gasteiger partial charge in [0.15, 0.2) is 0 Å². The highest BCUT2D eigenvalue weighted by molar-refractivity contribution is 5.72. The van der Waals surface area contributed by atoms with Crippen molar-refractivity contribution in [2.45, 2.75) is 52.4 Å². The van der Waals surface area contributed by atoms with Crippen molar-refractivity contribution < 1.29 is 14.3 Å². The first-order valence-electron chi connectivity index (χ1n) is 7.56. The largest absolute Gasteiger partial charge is 0.493 e. The number of carbonyl (C=O) groups excluding carboxylic acids is 1. The summed E-state index contributed by atoms with van der Waals surface area (Å²) in [5.74, 6) is 1.33. The van der Waals surface area contributed by atoms with E-state index in [0.717, 1.165) is 31.6 Å². The summed E-state index contributed by atoms with van der Waals surface area (Å²) < 4.78 is 10.9. The van der Waals surface area contributed by atoms with Gasteiger partial charge in [-0.3, -0.25) is 4.79 Å². The maximum Gasteiger partial charge on any atom is 0.306 e. The molecule has 0 bridgehead atoms. The minimum Gasteiger partial charge on any atom is -0.493 e. The van der Waals surface area contributed by atoms with Gasteiger partial charge in [0.2, 0.25) is 0 Å². The van der Waals surface area contributed by atoms with Crippen molar-refractivity contribution in [1.82, 2.24) is 0 Å². The third-order valence-corrected chi connectivity index (χ3v) is 4.75. The standard InChI is InChI=1S/C17H22O3/c1-4-19-15(18)9-12-5-6-13-10(2)11(3)17-14(16(12)13)7-8-20-17/h12H,4-9H2,1-3H3. The number of benzene rings is 1. The maximum absolute atomic E-state index is 11.8. The number of ether oxygens (including phenoxy) is 2. The molecule has 2 aliphatic rings. The van der Waals surface area contributed by atoms with E-state index in [1.54, 1.807) is 0 Å². The lowest BCUT2D eigenvalue weighted by molar-refractivity contribution is -0.143. The third kappa shape index (κ3) is 2.00. The van der Waals surface area contributed by atoms with E-state index < -0.39 is 0 Å². The Hall–Kier alpha value is -1.51. The first kappa shape index (κ1) is 13.5. The fraction of sp³-hybridized carbons (Fsp3) is 0.588. The van der Waals surface area contributed by atoms with E-state index in [9.17, 15) is 4.79 Å². The Morgan fingerprint density at radius 3 is 2.80 bits per heavy atom. The van der Waals surface area contributed by atoms with E-state index in [2.05, 4.69) is 13.8 Å². The smallest absolute Gasteiger partial charge is 0.306 e. The van der Waals surface area contributed by atoms with Gasteiger partial charge < -0.3 is 9.47 Å². The van der Waals surface area contributed by atoms with Crippen LogP contribution in [0.15, 0.2) is 0 Å². The number of esters is 1. The molecule has 1 aliphatic heterocycles. The Bertz CT molecular complexity index is 560. The summed E-state index contributed by atoms with van der Waals surface area (Å²) in [6.07, 6.45) is 3.64. The van der Waals surface area contributed by atoms with Crippen LogP contribution in [0.2, 0.25) is 0 Å². The number of hydrogen-bond donors (Lipinski definition) is 0. The summed E-state index contributed by atoms with van der Waals surface area (Å²) in [7, 11) is 0. The second-order valence-corrected chi connectivity index (χ2v) is 5.79. The Labute approximate surface area is 120 Å². The zero-order chi connectivity index (χ0) is 14.3. The lowest BCUT2D eigenvalue weighted by Crippen LogP contribution is -2.10. The van der Waals surface area contributed by atoms with Gasteiger partial charge >= 0.3 is 5.97 Å². The van der Waals surface area contributed by atoms with E-state index in [4.69, 9.17) is 9.47 Å². The molecule has 3 heteroatoms. The van der Waals surface area contributed by atoms with Gasteiger partial charge in [-0.05, 0) is 61.8 Å². The van der Waals surface area contributed by atoms with Gasteiger partial charge in [-0.15, -0.1) is 0 Å². The lowest BCUT2D eigenvalue weighted by atomic mass is 9.88. The molecule has 1 heterocycles. The van der Waals surface area contributed by atoms with Crippen LogP contribution in [0.1, 0.15) is 53.5 Å². The summed E-state index contributed by atoms with van der Waals surface area (Å²) >= 11 is 0. The summed E-state index contributed by atoms with van der Waals surface area (Å²) in [6, 6.07) is 0. The molecule has 108 valence electrons. The van der Waals surface area contributed by atoms with Gasteiger partial charge in [0.05, 0.1) is 19.6 Å². The molecule has 3 nitrogen and oxygen atoms in total. The second-order valence-electron chi connectivity index (χ2n) is 5.79. The van der Waals surface area contributed by atoms with Crippen molar-refractivity contribution in [3.05, 3.63) is 27.8 Å². The van der Waals surface area contributed by atoms with Crippen molar-refractivity contribution in [3.63, 3.8) is 0 Å². The highest BCUT2D eigenvalue weighted by Gasteiger charge is 2.33. The topological polar surface area (TPSA) is 35.5 Å². The molecule has 0 saturated carbocycles. The molecular weight excluding hydrogens is 252 g/mol. The van der Waals surface area contributed by atoms with Gasteiger partial charge in [-0.1, -0.05) is 0 Å². The number of fused-ring (bicyclic) bond motifs is 3. The molecule has 20 heavy (non-hydrogen) atoms. The summed E-state index contributed by atoms with van der Waals surface area (Å²) in [4.78, 5) is 11.8. The van der Waals surface area contributed by atoms with Gasteiger partial charge in [-0.2, -0.15) is 0 Å².